The van der Waals surface area contributed by atoms with Gasteiger partial charge in [0, 0.05) is 63.1 Å². The second-order valence-corrected chi connectivity index (χ2v) is 10.3. The predicted molar refractivity (Wildman–Crippen MR) is 142 cm³/mol. The van der Waals surface area contributed by atoms with E-state index in [1.54, 1.807) is 14.0 Å². The average Bonchev–Trinajstić information content (AvgIpc) is 2.95. The third kappa shape index (κ3) is 5.73. The smallest absolute Gasteiger partial charge is 0.261 e. The summed E-state index contributed by atoms with van der Waals surface area (Å²) < 4.78 is 41.1. The summed E-state index contributed by atoms with van der Waals surface area (Å²) in [5.41, 5.74) is 1.06. The Kier molecular flexibility index (Phi) is 8.61. The number of hydrogen-bond donors (Lipinski definition) is 1. The molecule has 2 aliphatic heterocycles. The number of halogens is 3. The van der Waals surface area contributed by atoms with E-state index in [9.17, 15) is 28.0 Å². The number of nitrogens with zero attached hydrogens (tertiary/aromatic N) is 4. The van der Waals surface area contributed by atoms with Gasteiger partial charge in [-0.3, -0.25) is 9.59 Å². The first kappa shape index (κ1) is 28.8. The van der Waals surface area contributed by atoms with Crippen LogP contribution in [0, 0.1) is 35.4 Å². The standard InChI is InChI=1S/C30H30F3N5O2/c1-19-28(23(17-27(39)37(19)3)20-5-8-25(32)26(33)16-20)29(40)36-11-4-12-38-13-9-30(35-2,10-14-38)24-7-6-22(31)15-21(24)18-34/h5-8,15-16,23H,4,9-14,17H2,1,3H3,(H,36,40). The number of nitrogens with one attached hydrogen (secondary N) is 1. The van der Waals surface area contributed by atoms with Gasteiger partial charge in [0.2, 0.25) is 11.8 Å². The second-order valence-electron chi connectivity index (χ2n) is 10.3. The molecule has 1 atom stereocenters. The fourth-order valence-electron chi connectivity index (χ4n) is 5.57. The van der Waals surface area contributed by atoms with Gasteiger partial charge in [0.05, 0.1) is 17.2 Å². The van der Waals surface area contributed by atoms with Gasteiger partial charge in [-0.2, -0.15) is 5.26 Å². The zero-order valence-corrected chi connectivity index (χ0v) is 22.4. The number of carbonyl (C=O) groups is 2. The number of hydrogen-bond acceptors (Lipinski definition) is 4. The van der Waals surface area contributed by atoms with E-state index in [1.807, 2.05) is 6.07 Å². The Labute approximate surface area is 231 Å². The highest BCUT2D eigenvalue weighted by molar-refractivity contribution is 5.99. The largest absolute Gasteiger partial charge is 0.352 e. The van der Waals surface area contributed by atoms with E-state index in [4.69, 9.17) is 6.57 Å². The Morgan fingerprint density at radius 2 is 1.90 bits per heavy atom. The first-order chi connectivity index (χ1) is 19.1. The zero-order chi connectivity index (χ0) is 29.0. The predicted octanol–water partition coefficient (Wildman–Crippen LogP) is 4.61. The van der Waals surface area contributed by atoms with Gasteiger partial charge in [0.1, 0.15) is 5.82 Å². The van der Waals surface area contributed by atoms with Crippen LogP contribution in [0.15, 0.2) is 47.7 Å². The fraction of sp³-hybridized carbons (Fsp3) is 0.400. The number of carbonyl (C=O) groups excluding carboxylic acids is 2. The molecule has 1 saturated heterocycles. The summed E-state index contributed by atoms with van der Waals surface area (Å²) in [5.74, 6) is -3.80. The number of likely N-dealkylation sites (tertiary alicyclic amines) is 1. The van der Waals surface area contributed by atoms with Gasteiger partial charge >= 0.3 is 0 Å². The molecule has 40 heavy (non-hydrogen) atoms. The molecule has 2 aromatic carbocycles. The van der Waals surface area contributed by atoms with Crippen molar-refractivity contribution in [2.75, 3.05) is 33.2 Å². The summed E-state index contributed by atoms with van der Waals surface area (Å²) in [5, 5.41) is 12.4. The van der Waals surface area contributed by atoms with Crippen molar-refractivity contribution in [2.45, 2.75) is 44.1 Å². The second kappa shape index (κ2) is 11.9. The number of allylic oxidation sites excluding steroid dienone is 1. The van der Waals surface area contributed by atoms with Crippen LogP contribution in [-0.2, 0) is 15.1 Å². The highest BCUT2D eigenvalue weighted by Gasteiger charge is 2.44. The van der Waals surface area contributed by atoms with Crippen molar-refractivity contribution < 1.29 is 22.8 Å². The lowest BCUT2D eigenvalue weighted by atomic mass is 9.79. The Morgan fingerprint density at radius 1 is 1.18 bits per heavy atom. The minimum atomic E-state index is -1.03. The topological polar surface area (TPSA) is 80.8 Å². The Bertz CT molecular complexity index is 1430. The molecule has 0 spiro atoms. The highest BCUT2D eigenvalue weighted by Crippen LogP contribution is 2.39. The molecule has 1 N–H and O–H groups in total. The molecule has 2 amide bonds. The first-order valence-corrected chi connectivity index (χ1v) is 13.1. The van der Waals surface area contributed by atoms with Crippen LogP contribution in [0.5, 0.6) is 0 Å². The summed E-state index contributed by atoms with van der Waals surface area (Å²) in [4.78, 5) is 33.2. The summed E-state index contributed by atoms with van der Waals surface area (Å²) in [6.07, 6.45) is 1.62. The molecular weight excluding hydrogens is 519 g/mol. The number of amides is 2. The molecule has 0 radical (unpaired) electrons. The van der Waals surface area contributed by atoms with Crippen LogP contribution in [0.25, 0.3) is 4.85 Å². The van der Waals surface area contributed by atoms with Gasteiger partial charge < -0.3 is 20.0 Å². The van der Waals surface area contributed by atoms with Crippen LogP contribution in [0.1, 0.15) is 55.2 Å². The van der Waals surface area contributed by atoms with Gasteiger partial charge in [0.25, 0.3) is 5.54 Å². The van der Waals surface area contributed by atoms with Crippen LogP contribution in [-0.4, -0.2) is 54.8 Å². The number of rotatable bonds is 7. The van der Waals surface area contributed by atoms with E-state index in [0.29, 0.717) is 67.8 Å². The van der Waals surface area contributed by atoms with Gasteiger partial charge in [-0.25, -0.2) is 19.7 Å². The van der Waals surface area contributed by atoms with Crippen LogP contribution in [0.4, 0.5) is 13.2 Å². The van der Waals surface area contributed by atoms with Crippen molar-refractivity contribution in [3.63, 3.8) is 0 Å². The molecule has 2 aromatic rings. The highest BCUT2D eigenvalue weighted by atomic mass is 19.2. The van der Waals surface area contributed by atoms with Gasteiger partial charge in [-0.15, -0.1) is 0 Å². The van der Waals surface area contributed by atoms with Gasteiger partial charge in [-0.1, -0.05) is 6.07 Å². The molecule has 0 bridgehead atoms. The van der Waals surface area contributed by atoms with Crippen molar-refractivity contribution in [1.82, 2.24) is 15.1 Å². The Balaban J connectivity index is 1.36. The maximum Gasteiger partial charge on any atom is 0.261 e. The third-order valence-corrected chi connectivity index (χ3v) is 8.02. The monoisotopic (exact) mass is 549 g/mol. The SMILES string of the molecule is [C-]#[N+]C1(c2ccc(F)cc2C#N)CCN(CCCNC(=O)C2=C(C)N(C)C(=O)CC2c2ccc(F)c(F)c2)CC1. The lowest BCUT2D eigenvalue weighted by molar-refractivity contribution is -0.129. The van der Waals surface area contributed by atoms with E-state index in [1.165, 1.54) is 29.2 Å². The van der Waals surface area contributed by atoms with Gasteiger partial charge in [0.15, 0.2) is 11.6 Å². The number of piperidine rings is 1. The Morgan fingerprint density at radius 3 is 2.55 bits per heavy atom. The molecule has 0 aromatic heterocycles. The molecule has 1 fully saturated rings. The quantitative estimate of drug-likeness (QED) is 0.404. The first-order valence-electron chi connectivity index (χ1n) is 13.1. The molecule has 7 nitrogen and oxygen atoms in total. The average molecular weight is 550 g/mol. The van der Waals surface area contributed by atoms with Crippen LogP contribution in [0.2, 0.25) is 0 Å². The molecule has 2 heterocycles. The van der Waals surface area contributed by atoms with Gasteiger partial charge in [-0.05, 0) is 55.8 Å². The maximum atomic E-state index is 13.9. The van der Waals surface area contributed by atoms with Crippen molar-refractivity contribution in [3.8, 4) is 6.07 Å². The van der Waals surface area contributed by atoms with E-state index < -0.39 is 28.9 Å². The molecule has 4 rings (SSSR count). The molecular formula is C30H30F3N5O2. The van der Waals surface area contributed by atoms with E-state index in [0.717, 1.165) is 12.1 Å². The Hall–Kier alpha value is -4.15. The fourth-order valence-corrected chi connectivity index (χ4v) is 5.57. The van der Waals surface area contributed by atoms with Crippen LogP contribution >= 0.6 is 0 Å². The summed E-state index contributed by atoms with van der Waals surface area (Å²) in [7, 11) is 1.58. The third-order valence-electron chi connectivity index (χ3n) is 8.02. The van der Waals surface area contributed by atoms with Crippen LogP contribution < -0.4 is 5.32 Å². The number of nitriles is 1. The molecule has 2 aliphatic rings. The van der Waals surface area contributed by atoms with E-state index >= 15 is 0 Å². The molecule has 0 aliphatic carbocycles. The van der Waals surface area contributed by atoms with Crippen molar-refractivity contribution in [2.24, 2.45) is 0 Å². The number of benzene rings is 2. The molecule has 10 heteroatoms. The minimum Gasteiger partial charge on any atom is -0.352 e. The van der Waals surface area contributed by atoms with Crippen molar-refractivity contribution in [1.29, 1.82) is 5.26 Å². The summed E-state index contributed by atoms with van der Waals surface area (Å²) in [6, 6.07) is 9.43. The van der Waals surface area contributed by atoms with Crippen LogP contribution in [0.3, 0.4) is 0 Å². The molecule has 208 valence electrons. The van der Waals surface area contributed by atoms with Crippen molar-refractivity contribution >= 4 is 11.8 Å². The summed E-state index contributed by atoms with van der Waals surface area (Å²) >= 11 is 0. The molecule has 0 saturated carbocycles. The lowest BCUT2D eigenvalue weighted by Crippen LogP contribution is -2.42. The maximum absolute atomic E-state index is 13.9. The van der Waals surface area contributed by atoms with E-state index in [2.05, 4.69) is 15.1 Å². The van der Waals surface area contributed by atoms with Crippen molar-refractivity contribution in [3.05, 3.63) is 93.2 Å². The zero-order valence-electron chi connectivity index (χ0n) is 22.4. The normalized spacial score (nSPS) is 19.2. The lowest BCUT2D eigenvalue weighted by Gasteiger charge is -2.34. The summed E-state index contributed by atoms with van der Waals surface area (Å²) in [6.45, 7) is 11.7. The molecule has 1 unspecified atom stereocenters. The van der Waals surface area contributed by atoms with E-state index in [-0.39, 0.29) is 23.8 Å². The minimum absolute atomic E-state index is 0.0280.